The maximum atomic E-state index is 13.0. The minimum Gasteiger partial charge on any atom is -0.484 e. The molecule has 1 saturated heterocycles. The second kappa shape index (κ2) is 9.02. The monoisotopic (exact) mass is 368 g/mol. The van der Waals surface area contributed by atoms with Crippen molar-refractivity contribution < 1.29 is 14.3 Å². The van der Waals surface area contributed by atoms with Crippen LogP contribution in [-0.2, 0) is 9.53 Å². The van der Waals surface area contributed by atoms with Crippen LogP contribution in [-0.4, -0.2) is 62.2 Å². The van der Waals surface area contributed by atoms with Crippen molar-refractivity contribution in [3.05, 3.63) is 65.7 Å². The first-order valence-corrected chi connectivity index (χ1v) is 9.35. The topological polar surface area (TPSA) is 42.0 Å². The number of amides is 1. The van der Waals surface area contributed by atoms with E-state index in [0.29, 0.717) is 13.2 Å². The van der Waals surface area contributed by atoms with Crippen LogP contribution in [0.15, 0.2) is 54.6 Å². The molecule has 1 aliphatic rings. The molecule has 2 aromatic carbocycles. The van der Waals surface area contributed by atoms with E-state index in [0.717, 1.165) is 23.4 Å². The Morgan fingerprint density at radius 3 is 2.56 bits per heavy atom. The van der Waals surface area contributed by atoms with Gasteiger partial charge in [0.05, 0.1) is 18.8 Å². The molecule has 0 spiro atoms. The van der Waals surface area contributed by atoms with E-state index in [1.165, 1.54) is 0 Å². The van der Waals surface area contributed by atoms with Crippen molar-refractivity contribution in [2.45, 2.75) is 19.1 Å². The van der Waals surface area contributed by atoms with Crippen LogP contribution in [0, 0.1) is 6.92 Å². The number of ether oxygens (including phenoxy) is 2. The summed E-state index contributed by atoms with van der Waals surface area (Å²) in [5.41, 5.74) is 2.12. The van der Waals surface area contributed by atoms with Gasteiger partial charge < -0.3 is 19.3 Å². The van der Waals surface area contributed by atoms with Gasteiger partial charge in [-0.3, -0.25) is 4.79 Å². The van der Waals surface area contributed by atoms with Crippen LogP contribution in [0.1, 0.15) is 17.2 Å². The first-order valence-electron chi connectivity index (χ1n) is 9.35. The van der Waals surface area contributed by atoms with Crippen LogP contribution >= 0.6 is 0 Å². The standard InChI is InChI=1S/C22H28N2O3/c1-17-9-7-8-12-19(17)27-16-21(25)24-13-14-26-20(15-23(2)3)22(24)18-10-5-4-6-11-18/h4-12,20,22H,13-16H2,1-3H3/t20-,22-/m0/s1. The van der Waals surface area contributed by atoms with Crippen molar-refractivity contribution in [2.24, 2.45) is 0 Å². The quantitative estimate of drug-likeness (QED) is 0.786. The zero-order valence-corrected chi connectivity index (χ0v) is 16.3. The van der Waals surface area contributed by atoms with Crippen molar-refractivity contribution in [3.8, 4) is 5.75 Å². The maximum Gasteiger partial charge on any atom is 0.261 e. The largest absolute Gasteiger partial charge is 0.484 e. The van der Waals surface area contributed by atoms with Gasteiger partial charge in [-0.25, -0.2) is 0 Å². The summed E-state index contributed by atoms with van der Waals surface area (Å²) in [6.07, 6.45) is -0.0708. The summed E-state index contributed by atoms with van der Waals surface area (Å²) in [6.45, 7) is 3.87. The van der Waals surface area contributed by atoms with Gasteiger partial charge >= 0.3 is 0 Å². The first kappa shape index (κ1) is 19.4. The lowest BCUT2D eigenvalue weighted by molar-refractivity contribution is -0.150. The smallest absolute Gasteiger partial charge is 0.261 e. The van der Waals surface area contributed by atoms with Crippen LogP contribution in [0.25, 0.3) is 0 Å². The van der Waals surface area contributed by atoms with Crippen LogP contribution in [0.4, 0.5) is 0 Å². The molecule has 5 nitrogen and oxygen atoms in total. The summed E-state index contributed by atoms with van der Waals surface area (Å²) in [4.78, 5) is 17.0. The molecule has 0 aliphatic carbocycles. The van der Waals surface area contributed by atoms with Crippen molar-refractivity contribution in [2.75, 3.05) is 40.4 Å². The Bertz CT molecular complexity index is 748. The summed E-state index contributed by atoms with van der Waals surface area (Å²) >= 11 is 0. The zero-order chi connectivity index (χ0) is 19.2. The number of morpholine rings is 1. The fourth-order valence-corrected chi connectivity index (χ4v) is 3.51. The minimum atomic E-state index is -0.115. The van der Waals surface area contributed by atoms with Crippen molar-refractivity contribution >= 4 is 5.91 Å². The Morgan fingerprint density at radius 2 is 1.85 bits per heavy atom. The third-order valence-electron chi connectivity index (χ3n) is 4.80. The molecule has 27 heavy (non-hydrogen) atoms. The van der Waals surface area contributed by atoms with E-state index < -0.39 is 0 Å². The van der Waals surface area contributed by atoms with Gasteiger partial charge in [0.1, 0.15) is 5.75 Å². The van der Waals surface area contributed by atoms with Gasteiger partial charge in [0.25, 0.3) is 5.91 Å². The summed E-state index contributed by atoms with van der Waals surface area (Å²) < 4.78 is 11.9. The first-order chi connectivity index (χ1) is 13.1. The van der Waals surface area contributed by atoms with Gasteiger partial charge in [-0.05, 0) is 38.2 Å². The SMILES string of the molecule is Cc1ccccc1OCC(=O)N1CCO[C@@H](CN(C)C)[C@@H]1c1ccccc1. The average molecular weight is 368 g/mol. The highest BCUT2D eigenvalue weighted by molar-refractivity contribution is 5.78. The highest BCUT2D eigenvalue weighted by Crippen LogP contribution is 2.30. The predicted molar refractivity (Wildman–Crippen MR) is 106 cm³/mol. The van der Waals surface area contributed by atoms with Crippen molar-refractivity contribution in [1.82, 2.24) is 9.80 Å². The molecule has 2 atom stereocenters. The third-order valence-corrected chi connectivity index (χ3v) is 4.80. The summed E-state index contributed by atoms with van der Waals surface area (Å²) in [7, 11) is 4.04. The number of carbonyl (C=O) groups is 1. The van der Waals surface area contributed by atoms with Crippen LogP contribution < -0.4 is 4.74 Å². The number of benzene rings is 2. The number of nitrogens with zero attached hydrogens (tertiary/aromatic N) is 2. The lowest BCUT2D eigenvalue weighted by atomic mass is 9.97. The molecule has 0 bridgehead atoms. The van der Waals surface area contributed by atoms with E-state index in [-0.39, 0.29) is 24.7 Å². The number of rotatable bonds is 6. The Balaban J connectivity index is 1.78. The lowest BCUT2D eigenvalue weighted by Gasteiger charge is -2.42. The van der Waals surface area contributed by atoms with Gasteiger partial charge in [0.15, 0.2) is 6.61 Å². The van der Waals surface area contributed by atoms with Crippen molar-refractivity contribution in [1.29, 1.82) is 0 Å². The number of aryl methyl sites for hydroxylation is 1. The van der Waals surface area contributed by atoms with Gasteiger partial charge in [0.2, 0.25) is 0 Å². The molecule has 1 aliphatic heterocycles. The number of carbonyl (C=O) groups excluding carboxylic acids is 1. The molecular formula is C22H28N2O3. The van der Waals surface area contributed by atoms with Crippen LogP contribution in [0.2, 0.25) is 0 Å². The molecule has 0 N–H and O–H groups in total. The molecule has 1 fully saturated rings. The average Bonchev–Trinajstić information content (AvgIpc) is 2.67. The summed E-state index contributed by atoms with van der Waals surface area (Å²) in [6, 6.07) is 17.8. The predicted octanol–water partition coefficient (Wildman–Crippen LogP) is 2.90. The van der Waals surface area contributed by atoms with E-state index in [9.17, 15) is 4.79 Å². The zero-order valence-electron chi connectivity index (χ0n) is 16.3. The fraction of sp³-hybridized carbons (Fsp3) is 0.409. The molecule has 2 aromatic rings. The van der Waals surface area contributed by atoms with E-state index in [2.05, 4.69) is 17.0 Å². The van der Waals surface area contributed by atoms with Crippen molar-refractivity contribution in [3.63, 3.8) is 0 Å². The second-order valence-electron chi connectivity index (χ2n) is 7.17. The Hall–Kier alpha value is -2.37. The molecule has 0 aromatic heterocycles. The molecular weight excluding hydrogens is 340 g/mol. The van der Waals surface area contributed by atoms with Gasteiger partial charge in [-0.1, -0.05) is 48.5 Å². The van der Waals surface area contributed by atoms with E-state index >= 15 is 0 Å². The minimum absolute atomic E-state index is 0.0147. The summed E-state index contributed by atoms with van der Waals surface area (Å²) in [5.74, 6) is 0.736. The van der Waals surface area contributed by atoms with Crippen LogP contribution in [0.5, 0.6) is 5.75 Å². The number of likely N-dealkylation sites (N-methyl/N-ethyl adjacent to an activating group) is 1. The van der Waals surface area contributed by atoms with E-state index in [1.807, 2.05) is 68.4 Å². The highest BCUT2D eigenvalue weighted by atomic mass is 16.5. The normalized spacial score (nSPS) is 19.9. The van der Waals surface area contributed by atoms with E-state index in [1.54, 1.807) is 0 Å². The van der Waals surface area contributed by atoms with Gasteiger partial charge in [-0.2, -0.15) is 0 Å². The highest BCUT2D eigenvalue weighted by Gasteiger charge is 2.36. The molecule has 5 heteroatoms. The molecule has 144 valence electrons. The second-order valence-corrected chi connectivity index (χ2v) is 7.17. The van der Waals surface area contributed by atoms with Crippen LogP contribution in [0.3, 0.4) is 0 Å². The molecule has 1 heterocycles. The molecule has 3 rings (SSSR count). The fourth-order valence-electron chi connectivity index (χ4n) is 3.51. The van der Waals surface area contributed by atoms with E-state index in [4.69, 9.17) is 9.47 Å². The number of hydrogen-bond donors (Lipinski definition) is 0. The Kier molecular flexibility index (Phi) is 6.48. The molecule has 0 radical (unpaired) electrons. The molecule has 0 unspecified atom stereocenters. The maximum absolute atomic E-state index is 13.0. The number of para-hydroxylation sites is 1. The molecule has 0 saturated carbocycles. The summed E-state index contributed by atoms with van der Waals surface area (Å²) in [5, 5.41) is 0. The molecule has 1 amide bonds. The van der Waals surface area contributed by atoms with Gasteiger partial charge in [0, 0.05) is 13.1 Å². The Labute approximate surface area is 161 Å². The Morgan fingerprint density at radius 1 is 1.15 bits per heavy atom. The third kappa shape index (κ3) is 4.87. The van der Waals surface area contributed by atoms with Gasteiger partial charge in [-0.15, -0.1) is 0 Å². The number of hydrogen-bond acceptors (Lipinski definition) is 4. The lowest BCUT2D eigenvalue weighted by Crippen LogP contribution is -2.52.